The highest BCUT2D eigenvalue weighted by Gasteiger charge is 2.05. The van der Waals surface area contributed by atoms with E-state index in [1.165, 1.54) is 0 Å². The van der Waals surface area contributed by atoms with E-state index in [0.29, 0.717) is 12.4 Å². The van der Waals surface area contributed by atoms with Crippen LogP contribution in [0, 0.1) is 0 Å². The minimum absolute atomic E-state index is 0.338. The lowest BCUT2D eigenvalue weighted by Crippen LogP contribution is -2.03. The molecule has 0 atom stereocenters. The Morgan fingerprint density at radius 2 is 2.18 bits per heavy atom. The van der Waals surface area contributed by atoms with Crippen molar-refractivity contribution in [1.29, 1.82) is 0 Å². The number of methoxy groups -OCH3 is 1. The molecule has 2 N–H and O–H groups in total. The zero-order valence-corrected chi connectivity index (χ0v) is 10.9. The average molecular weight is 294 g/mol. The van der Waals surface area contributed by atoms with Crippen molar-refractivity contribution in [3.05, 3.63) is 40.8 Å². The lowest BCUT2D eigenvalue weighted by Gasteiger charge is -2.06. The molecule has 88 valence electrons. The molecule has 0 aliphatic rings. The van der Waals surface area contributed by atoms with Gasteiger partial charge in [-0.15, -0.1) is 0 Å². The molecule has 0 amide bonds. The fourth-order valence-corrected chi connectivity index (χ4v) is 2.02. The van der Waals surface area contributed by atoms with E-state index in [0.717, 1.165) is 21.5 Å². The van der Waals surface area contributed by atoms with Crippen LogP contribution in [0.15, 0.2) is 34.9 Å². The van der Waals surface area contributed by atoms with Gasteiger partial charge in [-0.25, -0.2) is 9.97 Å². The number of hydrogen-bond donors (Lipinski definition) is 1. The van der Waals surface area contributed by atoms with Crippen molar-refractivity contribution in [2.75, 3.05) is 7.11 Å². The summed E-state index contributed by atoms with van der Waals surface area (Å²) in [6.45, 7) is 0.338. The maximum Gasteiger partial charge on any atom is 0.142 e. The molecule has 0 bridgehead atoms. The first-order chi connectivity index (χ1) is 8.24. The van der Waals surface area contributed by atoms with E-state index in [-0.39, 0.29) is 0 Å². The molecule has 1 aromatic carbocycles. The third-order valence-corrected chi connectivity index (χ3v) is 2.96. The molecule has 2 rings (SSSR count). The second-order valence-electron chi connectivity index (χ2n) is 3.41. The number of hydrogen-bond acceptors (Lipinski definition) is 4. The number of aromatic nitrogens is 2. The maximum atomic E-state index is 5.52. The van der Waals surface area contributed by atoms with Crippen LogP contribution in [0.1, 0.15) is 5.82 Å². The van der Waals surface area contributed by atoms with Gasteiger partial charge in [0.15, 0.2) is 0 Å². The normalized spacial score (nSPS) is 10.3. The van der Waals surface area contributed by atoms with Crippen molar-refractivity contribution in [2.45, 2.75) is 6.54 Å². The molecule has 5 heteroatoms. The van der Waals surface area contributed by atoms with Crippen molar-refractivity contribution in [3.8, 4) is 17.0 Å². The Bertz CT molecular complexity index is 531. The molecule has 0 saturated heterocycles. The van der Waals surface area contributed by atoms with Crippen LogP contribution in [-0.2, 0) is 6.54 Å². The number of ether oxygens (including phenoxy) is 1. The van der Waals surface area contributed by atoms with Gasteiger partial charge in [0.05, 0.1) is 23.8 Å². The zero-order valence-electron chi connectivity index (χ0n) is 9.35. The van der Waals surface area contributed by atoms with E-state index in [1.54, 1.807) is 13.3 Å². The van der Waals surface area contributed by atoms with Crippen LogP contribution in [0.3, 0.4) is 0 Å². The largest absolute Gasteiger partial charge is 0.496 e. The summed E-state index contributed by atoms with van der Waals surface area (Å²) in [6, 6.07) is 7.66. The Hall–Kier alpha value is -1.46. The van der Waals surface area contributed by atoms with Crippen LogP contribution >= 0.6 is 15.9 Å². The van der Waals surface area contributed by atoms with E-state index in [9.17, 15) is 0 Å². The van der Waals surface area contributed by atoms with Crippen LogP contribution < -0.4 is 10.5 Å². The molecule has 0 unspecified atom stereocenters. The van der Waals surface area contributed by atoms with Gasteiger partial charge in [-0.2, -0.15) is 0 Å². The fraction of sp³-hybridized carbons (Fsp3) is 0.167. The highest BCUT2D eigenvalue weighted by atomic mass is 79.9. The second-order valence-corrected chi connectivity index (χ2v) is 4.27. The van der Waals surface area contributed by atoms with Gasteiger partial charge in [-0.1, -0.05) is 0 Å². The Labute approximate surface area is 108 Å². The number of nitrogens with two attached hydrogens (primary N) is 1. The first-order valence-electron chi connectivity index (χ1n) is 5.10. The molecule has 2 aromatic rings. The highest BCUT2D eigenvalue weighted by molar-refractivity contribution is 9.10. The molecule has 17 heavy (non-hydrogen) atoms. The molecule has 1 heterocycles. The number of rotatable bonds is 3. The van der Waals surface area contributed by atoms with Gasteiger partial charge in [0.1, 0.15) is 11.6 Å². The van der Waals surface area contributed by atoms with Crippen LogP contribution in [0.5, 0.6) is 5.75 Å². The monoisotopic (exact) mass is 293 g/mol. The van der Waals surface area contributed by atoms with Gasteiger partial charge in [0.25, 0.3) is 0 Å². The van der Waals surface area contributed by atoms with Crippen LogP contribution in [0.4, 0.5) is 0 Å². The SMILES string of the molecule is COc1ccc(-c2ccnc(CN)n2)cc1Br. The van der Waals surface area contributed by atoms with Crippen molar-refractivity contribution < 1.29 is 4.74 Å². The summed E-state index contributed by atoms with van der Waals surface area (Å²) in [5.41, 5.74) is 7.36. The molecule has 0 fully saturated rings. The first-order valence-corrected chi connectivity index (χ1v) is 5.90. The van der Waals surface area contributed by atoms with Crippen molar-refractivity contribution in [3.63, 3.8) is 0 Å². The van der Waals surface area contributed by atoms with Crippen molar-refractivity contribution >= 4 is 15.9 Å². The quantitative estimate of drug-likeness (QED) is 0.944. The second kappa shape index (κ2) is 5.25. The molecule has 0 saturated carbocycles. The third-order valence-electron chi connectivity index (χ3n) is 2.34. The minimum atomic E-state index is 0.338. The van der Waals surface area contributed by atoms with Crippen molar-refractivity contribution in [2.24, 2.45) is 5.73 Å². The summed E-state index contributed by atoms with van der Waals surface area (Å²) in [4.78, 5) is 8.43. The summed E-state index contributed by atoms with van der Waals surface area (Å²) >= 11 is 3.45. The molecule has 0 spiro atoms. The molecule has 4 nitrogen and oxygen atoms in total. The zero-order chi connectivity index (χ0) is 12.3. The summed E-state index contributed by atoms with van der Waals surface area (Å²) in [5.74, 6) is 1.43. The molecule has 0 radical (unpaired) electrons. The third kappa shape index (κ3) is 2.62. The topological polar surface area (TPSA) is 61.0 Å². The number of benzene rings is 1. The summed E-state index contributed by atoms with van der Waals surface area (Å²) in [6.07, 6.45) is 1.71. The number of halogens is 1. The minimum Gasteiger partial charge on any atom is -0.496 e. The van der Waals surface area contributed by atoms with E-state index in [4.69, 9.17) is 10.5 Å². The van der Waals surface area contributed by atoms with Gasteiger partial charge in [0, 0.05) is 11.8 Å². The van der Waals surface area contributed by atoms with Gasteiger partial charge < -0.3 is 10.5 Å². The molecular formula is C12H12BrN3O. The van der Waals surface area contributed by atoms with Gasteiger partial charge >= 0.3 is 0 Å². The highest BCUT2D eigenvalue weighted by Crippen LogP contribution is 2.29. The Balaban J connectivity index is 2.42. The van der Waals surface area contributed by atoms with Crippen LogP contribution in [-0.4, -0.2) is 17.1 Å². The Morgan fingerprint density at radius 3 is 2.82 bits per heavy atom. The van der Waals surface area contributed by atoms with E-state index < -0.39 is 0 Å². The van der Waals surface area contributed by atoms with E-state index in [1.807, 2.05) is 24.3 Å². The summed E-state index contributed by atoms with van der Waals surface area (Å²) < 4.78 is 6.08. The molecule has 1 aromatic heterocycles. The lowest BCUT2D eigenvalue weighted by atomic mass is 10.1. The summed E-state index contributed by atoms with van der Waals surface area (Å²) in [5, 5.41) is 0. The maximum absolute atomic E-state index is 5.52. The smallest absolute Gasteiger partial charge is 0.142 e. The van der Waals surface area contributed by atoms with E-state index >= 15 is 0 Å². The predicted molar refractivity (Wildman–Crippen MR) is 69.6 cm³/mol. The Morgan fingerprint density at radius 1 is 1.35 bits per heavy atom. The predicted octanol–water partition coefficient (Wildman–Crippen LogP) is 2.37. The van der Waals surface area contributed by atoms with Crippen LogP contribution in [0.2, 0.25) is 0 Å². The van der Waals surface area contributed by atoms with Crippen molar-refractivity contribution in [1.82, 2.24) is 9.97 Å². The van der Waals surface area contributed by atoms with E-state index in [2.05, 4.69) is 25.9 Å². The average Bonchev–Trinajstić information content (AvgIpc) is 2.38. The molecule has 0 aliphatic carbocycles. The van der Waals surface area contributed by atoms with Gasteiger partial charge in [0.2, 0.25) is 0 Å². The number of nitrogens with zero attached hydrogens (tertiary/aromatic N) is 2. The standard InChI is InChI=1S/C12H12BrN3O/c1-17-11-3-2-8(6-9(11)13)10-4-5-15-12(7-14)16-10/h2-6H,7,14H2,1H3. The Kier molecular flexibility index (Phi) is 3.71. The molecular weight excluding hydrogens is 282 g/mol. The lowest BCUT2D eigenvalue weighted by molar-refractivity contribution is 0.412. The van der Waals surface area contributed by atoms with Crippen LogP contribution in [0.25, 0.3) is 11.3 Å². The van der Waals surface area contributed by atoms with Gasteiger partial charge in [-0.05, 0) is 40.2 Å². The fourth-order valence-electron chi connectivity index (χ4n) is 1.48. The van der Waals surface area contributed by atoms with Gasteiger partial charge in [-0.3, -0.25) is 0 Å². The first kappa shape index (κ1) is 12.0. The summed E-state index contributed by atoms with van der Waals surface area (Å²) in [7, 11) is 1.64. The molecule has 0 aliphatic heterocycles.